The molecule has 1 saturated heterocycles. The molecule has 0 spiro atoms. The predicted octanol–water partition coefficient (Wildman–Crippen LogP) is 5.41. The molecular formula is C27H27ClF5N7O3S. The van der Waals surface area contributed by atoms with Gasteiger partial charge < -0.3 is 24.8 Å². The summed E-state index contributed by atoms with van der Waals surface area (Å²) in [6.07, 6.45) is 1.04. The summed E-state index contributed by atoms with van der Waals surface area (Å²) in [7, 11) is -9.97. The number of benzene rings is 2. The van der Waals surface area contributed by atoms with Gasteiger partial charge in [0.15, 0.2) is 5.82 Å². The van der Waals surface area contributed by atoms with Crippen molar-refractivity contribution >= 4 is 44.9 Å². The number of fused-ring (bicyclic) bond motifs is 2. The molecule has 1 amide bonds. The Morgan fingerprint density at radius 1 is 1.11 bits per heavy atom. The Balaban J connectivity index is 1.42. The van der Waals surface area contributed by atoms with Crippen LogP contribution in [0.2, 0.25) is 5.02 Å². The van der Waals surface area contributed by atoms with E-state index in [0.29, 0.717) is 68.6 Å². The van der Waals surface area contributed by atoms with Crippen molar-refractivity contribution in [3.63, 3.8) is 0 Å². The minimum absolute atomic E-state index is 0.0787. The number of hydrogen-bond acceptors (Lipinski definition) is 7. The molecule has 2 aromatic heterocycles. The molecule has 2 aliphatic rings. The van der Waals surface area contributed by atoms with E-state index in [1.807, 2.05) is 17.9 Å². The predicted molar refractivity (Wildman–Crippen MR) is 158 cm³/mol. The molecule has 2 aliphatic heterocycles. The number of anilines is 2. The normalized spacial score (nSPS) is 16.8. The number of aromatic nitrogens is 4. The van der Waals surface area contributed by atoms with Gasteiger partial charge in [0, 0.05) is 38.2 Å². The van der Waals surface area contributed by atoms with Crippen molar-refractivity contribution in [1.29, 1.82) is 0 Å². The van der Waals surface area contributed by atoms with E-state index in [0.717, 1.165) is 15.8 Å². The van der Waals surface area contributed by atoms with Crippen molar-refractivity contribution in [2.45, 2.75) is 31.2 Å². The van der Waals surface area contributed by atoms with E-state index in [1.54, 1.807) is 12.1 Å². The molecule has 44 heavy (non-hydrogen) atoms. The van der Waals surface area contributed by atoms with Crippen LogP contribution in [0.5, 0.6) is 5.75 Å². The molecule has 4 aromatic rings. The number of amides is 1. The van der Waals surface area contributed by atoms with E-state index in [-0.39, 0.29) is 29.4 Å². The highest BCUT2D eigenvalue weighted by Crippen LogP contribution is 3.02. The van der Waals surface area contributed by atoms with Gasteiger partial charge in [-0.2, -0.15) is 9.50 Å². The molecule has 0 atom stereocenters. The number of carbonyl (C=O) groups is 1. The number of piperazine rings is 1. The Labute approximate surface area is 252 Å². The lowest BCUT2D eigenvalue weighted by Crippen LogP contribution is -2.47. The third-order valence-corrected chi connectivity index (χ3v) is 8.96. The van der Waals surface area contributed by atoms with Gasteiger partial charge >= 0.3 is 10.2 Å². The summed E-state index contributed by atoms with van der Waals surface area (Å²) in [5.41, 5.74) is 1.77. The van der Waals surface area contributed by atoms with Crippen LogP contribution < -0.4 is 25.8 Å². The maximum absolute atomic E-state index is 13.9. The second-order valence-electron chi connectivity index (χ2n) is 10.5. The Bertz CT molecular complexity index is 1880. The summed E-state index contributed by atoms with van der Waals surface area (Å²) in [4.78, 5) is 31.6. The van der Waals surface area contributed by atoms with Crippen molar-refractivity contribution in [2.75, 3.05) is 43.0 Å². The van der Waals surface area contributed by atoms with Gasteiger partial charge in [0.1, 0.15) is 22.9 Å². The van der Waals surface area contributed by atoms with Crippen LogP contribution in [0.4, 0.5) is 30.8 Å². The second-order valence-corrected chi connectivity index (χ2v) is 13.3. The smallest absolute Gasteiger partial charge is 0.310 e. The number of nitrogens with zero attached hydrogens (tertiary/aromatic N) is 5. The number of hydrogen-bond donors (Lipinski definition) is 2. The minimum atomic E-state index is -9.97. The molecule has 236 valence electrons. The molecule has 2 aromatic carbocycles. The highest BCUT2D eigenvalue weighted by molar-refractivity contribution is 8.45. The van der Waals surface area contributed by atoms with Gasteiger partial charge in [-0.25, -0.2) is 0 Å². The van der Waals surface area contributed by atoms with Crippen LogP contribution in [-0.4, -0.2) is 57.9 Å². The minimum Gasteiger partial charge on any atom is -0.493 e. The Kier molecular flexibility index (Phi) is 6.90. The van der Waals surface area contributed by atoms with Crippen LogP contribution >= 0.6 is 21.8 Å². The third kappa shape index (κ3) is 5.68. The zero-order chi connectivity index (χ0) is 31.5. The maximum Gasteiger partial charge on any atom is 0.310 e. The lowest BCUT2D eigenvalue weighted by atomic mass is 10.1. The zero-order valence-corrected chi connectivity index (χ0v) is 24.8. The van der Waals surface area contributed by atoms with E-state index < -0.39 is 38.2 Å². The van der Waals surface area contributed by atoms with Crippen molar-refractivity contribution in [1.82, 2.24) is 24.5 Å². The largest absolute Gasteiger partial charge is 0.493 e. The van der Waals surface area contributed by atoms with Gasteiger partial charge in [-0.15, -0.1) is 5.10 Å². The monoisotopic (exact) mass is 659 g/mol. The van der Waals surface area contributed by atoms with Gasteiger partial charge in [0.2, 0.25) is 11.7 Å². The molecule has 0 bridgehead atoms. The lowest BCUT2D eigenvalue weighted by molar-refractivity contribution is -0.116. The highest BCUT2D eigenvalue weighted by Gasteiger charge is 2.65. The van der Waals surface area contributed by atoms with E-state index in [1.165, 1.54) is 4.57 Å². The first-order chi connectivity index (χ1) is 20.6. The van der Waals surface area contributed by atoms with E-state index in [4.69, 9.17) is 16.3 Å². The van der Waals surface area contributed by atoms with Gasteiger partial charge in [0.25, 0.3) is 5.56 Å². The average molecular weight is 660 g/mol. The lowest BCUT2D eigenvalue weighted by Gasteiger charge is -2.40. The van der Waals surface area contributed by atoms with Crippen LogP contribution in [0.3, 0.4) is 0 Å². The van der Waals surface area contributed by atoms with Gasteiger partial charge in [0.05, 0.1) is 23.0 Å². The van der Waals surface area contributed by atoms with Crippen LogP contribution in [0.25, 0.3) is 17.2 Å². The second kappa shape index (κ2) is 10.1. The SMILES string of the molecule is CCc1c(N2CCNCC2)c(=O)n2nc(-c3ccc4c(c3)CCO4)nc2n1CC(=O)Nc1ccc(S(F)(F)(F)(F)F)cc1Cl. The fraction of sp³-hybridized carbons (Fsp3) is 0.333. The molecule has 0 radical (unpaired) electrons. The van der Waals surface area contributed by atoms with E-state index >= 15 is 0 Å². The van der Waals surface area contributed by atoms with Crippen LogP contribution in [0, 0.1) is 0 Å². The molecule has 6 rings (SSSR count). The fourth-order valence-corrected chi connectivity index (χ4v) is 6.39. The number of halogens is 6. The number of rotatable bonds is 7. The van der Waals surface area contributed by atoms with Crippen LogP contribution in [0.15, 0.2) is 46.1 Å². The topological polar surface area (TPSA) is 106 Å². The van der Waals surface area contributed by atoms with Crippen molar-refractivity contribution in [2.24, 2.45) is 0 Å². The molecule has 1 fully saturated rings. The van der Waals surface area contributed by atoms with Crippen molar-refractivity contribution < 1.29 is 29.0 Å². The summed E-state index contributed by atoms with van der Waals surface area (Å²) in [5.74, 6) is 0.350. The Hall–Kier alpha value is -3.89. The van der Waals surface area contributed by atoms with Gasteiger partial charge in [-0.3, -0.25) is 9.59 Å². The molecule has 17 heteroatoms. The fourth-order valence-electron chi connectivity index (χ4n) is 5.44. The molecule has 10 nitrogen and oxygen atoms in total. The first-order valence-corrected chi connectivity index (χ1v) is 16.0. The standard InChI is InChI=1S/C27H27ClF5N7O3S/c1-2-21-24(38-10-8-34-9-11-38)26(42)40-27(36-25(37-40)17-3-6-22-16(13-17)7-12-43-22)39(21)15-23(41)35-20-5-4-18(14-19(20)28)44(29,30,31,32)33/h3-6,13-14,34H,2,7-12,15H2,1H3,(H,35,41). The van der Waals surface area contributed by atoms with Gasteiger partial charge in [-0.1, -0.05) is 38.0 Å². The third-order valence-electron chi connectivity index (χ3n) is 7.50. The molecule has 0 saturated carbocycles. The summed E-state index contributed by atoms with van der Waals surface area (Å²) in [6.45, 7) is 4.27. The highest BCUT2D eigenvalue weighted by atomic mass is 35.5. The maximum atomic E-state index is 13.9. The quantitative estimate of drug-likeness (QED) is 0.256. The van der Waals surface area contributed by atoms with E-state index in [2.05, 4.69) is 20.7 Å². The summed E-state index contributed by atoms with van der Waals surface area (Å²) >= 11 is 5.89. The van der Waals surface area contributed by atoms with Crippen molar-refractivity contribution in [3.8, 4) is 17.1 Å². The van der Waals surface area contributed by atoms with Crippen LogP contribution in [0.1, 0.15) is 18.2 Å². The Morgan fingerprint density at radius 2 is 1.86 bits per heavy atom. The van der Waals surface area contributed by atoms with E-state index in [9.17, 15) is 29.0 Å². The first-order valence-electron chi connectivity index (χ1n) is 13.7. The zero-order valence-electron chi connectivity index (χ0n) is 23.3. The summed E-state index contributed by atoms with van der Waals surface area (Å²) in [6, 6.07) is 6.40. The Morgan fingerprint density at radius 3 is 2.55 bits per heavy atom. The molecule has 0 aliphatic carbocycles. The molecule has 2 N–H and O–H groups in total. The van der Waals surface area contributed by atoms with Gasteiger partial charge in [-0.05, 0) is 48.4 Å². The van der Waals surface area contributed by atoms with Crippen LogP contribution in [-0.2, 0) is 24.2 Å². The first kappa shape index (κ1) is 30.1. The van der Waals surface area contributed by atoms with Crippen molar-refractivity contribution in [3.05, 3.63) is 63.0 Å². The summed E-state index contributed by atoms with van der Waals surface area (Å²) in [5, 5.41) is 9.43. The summed E-state index contributed by atoms with van der Waals surface area (Å²) < 4.78 is 74.5. The molecule has 4 heterocycles. The number of nitrogens with one attached hydrogen (secondary N) is 2. The molecule has 0 unspecified atom stereocenters. The number of ether oxygens (including phenoxy) is 1. The average Bonchev–Trinajstić information content (AvgIpc) is 3.62. The molecular weight excluding hydrogens is 633 g/mol. The number of carbonyl (C=O) groups excluding carboxylic acids is 1.